The summed E-state index contributed by atoms with van der Waals surface area (Å²) in [6, 6.07) is 12.7. The second kappa shape index (κ2) is 7.29. The molecule has 1 heterocycles. The first kappa shape index (κ1) is 18.1. The van der Waals surface area contributed by atoms with E-state index in [2.05, 4.69) is 6.07 Å². The van der Waals surface area contributed by atoms with E-state index in [9.17, 15) is 9.18 Å². The molecule has 0 aliphatic carbocycles. The van der Waals surface area contributed by atoms with Crippen LogP contribution in [0.1, 0.15) is 35.6 Å². The van der Waals surface area contributed by atoms with E-state index in [1.165, 1.54) is 6.07 Å². The Morgan fingerprint density at radius 3 is 2.50 bits per heavy atom. The Labute approximate surface area is 154 Å². The van der Waals surface area contributed by atoms with E-state index >= 15 is 0 Å². The fourth-order valence-electron chi connectivity index (χ4n) is 4.06. The third kappa shape index (κ3) is 3.48. The summed E-state index contributed by atoms with van der Waals surface area (Å²) in [6.07, 6.45) is 1.38. The van der Waals surface area contributed by atoms with Crippen LogP contribution in [0.3, 0.4) is 0 Å². The molecule has 1 amide bonds. The number of nitriles is 1. The maximum absolute atomic E-state index is 14.0. The molecular formula is C22H23FN2O. The molecular weight excluding hydrogens is 327 g/mol. The number of carbonyl (C=O) groups excluding carboxylic acids is 1. The lowest BCUT2D eigenvalue weighted by molar-refractivity contribution is -0.124. The molecule has 3 rings (SSSR count). The van der Waals surface area contributed by atoms with Crippen LogP contribution in [0, 0.1) is 42.8 Å². The number of piperidine rings is 1. The maximum Gasteiger partial charge on any atom is 0.229 e. The number of hydrogen-bond donors (Lipinski definition) is 0. The van der Waals surface area contributed by atoms with Crippen molar-refractivity contribution in [3.63, 3.8) is 0 Å². The van der Waals surface area contributed by atoms with Crippen molar-refractivity contribution < 1.29 is 9.18 Å². The Hall–Kier alpha value is -2.67. The van der Waals surface area contributed by atoms with Crippen molar-refractivity contribution in [3.05, 3.63) is 64.5 Å². The fraction of sp³-hybridized carbons (Fsp3) is 0.364. The SMILES string of the molecule is Cc1cc(C#N)cc(C)c1N1C[C@@H](Cc2ccccc2F)C[C@@H](C)C1=O. The molecule has 0 aromatic heterocycles. The Kier molecular flexibility index (Phi) is 5.08. The summed E-state index contributed by atoms with van der Waals surface area (Å²) in [5.41, 5.74) is 4.04. The van der Waals surface area contributed by atoms with Crippen molar-refractivity contribution in [1.29, 1.82) is 5.26 Å². The smallest absolute Gasteiger partial charge is 0.229 e. The minimum absolute atomic E-state index is 0.102. The lowest BCUT2D eigenvalue weighted by Gasteiger charge is -2.38. The molecule has 134 valence electrons. The number of benzene rings is 2. The molecule has 0 unspecified atom stereocenters. The van der Waals surface area contributed by atoms with Gasteiger partial charge < -0.3 is 4.90 Å². The second-order valence-electron chi connectivity index (χ2n) is 7.32. The van der Waals surface area contributed by atoms with Crippen LogP contribution in [0.2, 0.25) is 0 Å². The largest absolute Gasteiger partial charge is 0.311 e. The molecule has 1 aliphatic heterocycles. The minimum Gasteiger partial charge on any atom is -0.311 e. The van der Waals surface area contributed by atoms with Crippen LogP contribution in [-0.2, 0) is 11.2 Å². The van der Waals surface area contributed by atoms with Gasteiger partial charge in [-0.15, -0.1) is 0 Å². The van der Waals surface area contributed by atoms with Gasteiger partial charge in [-0.2, -0.15) is 5.26 Å². The summed E-state index contributed by atoms with van der Waals surface area (Å²) in [5.74, 6) is 0.0176. The van der Waals surface area contributed by atoms with E-state index in [4.69, 9.17) is 5.26 Å². The third-order valence-electron chi connectivity index (χ3n) is 5.17. The van der Waals surface area contributed by atoms with Crippen molar-refractivity contribution in [1.82, 2.24) is 0 Å². The summed E-state index contributed by atoms with van der Waals surface area (Å²) >= 11 is 0. The molecule has 4 heteroatoms. The number of carbonyl (C=O) groups is 1. The summed E-state index contributed by atoms with van der Waals surface area (Å²) in [6.45, 7) is 6.38. The first-order chi connectivity index (χ1) is 12.4. The predicted octanol–water partition coefficient (Wildman–Crippen LogP) is 4.55. The quantitative estimate of drug-likeness (QED) is 0.815. The Balaban J connectivity index is 1.91. The third-order valence-corrected chi connectivity index (χ3v) is 5.17. The van der Waals surface area contributed by atoms with Crippen LogP contribution in [0.5, 0.6) is 0 Å². The zero-order valence-corrected chi connectivity index (χ0v) is 15.4. The van der Waals surface area contributed by atoms with Crippen molar-refractivity contribution in [2.45, 2.75) is 33.6 Å². The predicted molar refractivity (Wildman–Crippen MR) is 100 cm³/mol. The van der Waals surface area contributed by atoms with Crippen LogP contribution in [0.25, 0.3) is 0 Å². The average molecular weight is 350 g/mol. The molecule has 1 aliphatic rings. The first-order valence-electron chi connectivity index (χ1n) is 8.96. The molecule has 26 heavy (non-hydrogen) atoms. The fourth-order valence-corrected chi connectivity index (χ4v) is 4.06. The van der Waals surface area contributed by atoms with Crippen LogP contribution in [0.4, 0.5) is 10.1 Å². The van der Waals surface area contributed by atoms with E-state index in [1.54, 1.807) is 6.07 Å². The van der Waals surface area contributed by atoms with Gasteiger partial charge in [-0.25, -0.2) is 4.39 Å². The van der Waals surface area contributed by atoms with Crippen molar-refractivity contribution in [2.75, 3.05) is 11.4 Å². The van der Waals surface area contributed by atoms with Crippen LogP contribution >= 0.6 is 0 Å². The molecule has 2 atom stereocenters. The topological polar surface area (TPSA) is 44.1 Å². The van der Waals surface area contributed by atoms with Crippen molar-refractivity contribution in [3.8, 4) is 6.07 Å². The number of nitrogens with zero attached hydrogens (tertiary/aromatic N) is 2. The van der Waals surface area contributed by atoms with Gasteiger partial charge in [0.15, 0.2) is 0 Å². The zero-order valence-electron chi connectivity index (χ0n) is 15.4. The van der Waals surface area contributed by atoms with Gasteiger partial charge >= 0.3 is 0 Å². The highest BCUT2D eigenvalue weighted by Crippen LogP contribution is 2.34. The van der Waals surface area contributed by atoms with Crippen LogP contribution in [-0.4, -0.2) is 12.5 Å². The van der Waals surface area contributed by atoms with Gasteiger partial charge in [0.2, 0.25) is 5.91 Å². The lowest BCUT2D eigenvalue weighted by atomic mass is 9.84. The Bertz CT molecular complexity index is 861. The first-order valence-corrected chi connectivity index (χ1v) is 8.96. The summed E-state index contributed by atoms with van der Waals surface area (Å²) in [7, 11) is 0. The van der Waals surface area contributed by atoms with Gasteiger partial charge in [0.25, 0.3) is 0 Å². The Morgan fingerprint density at radius 2 is 1.88 bits per heavy atom. The van der Waals surface area contributed by atoms with Crippen LogP contribution in [0.15, 0.2) is 36.4 Å². The minimum atomic E-state index is -0.186. The highest BCUT2D eigenvalue weighted by molar-refractivity contribution is 5.97. The summed E-state index contributed by atoms with van der Waals surface area (Å²) in [4.78, 5) is 14.7. The van der Waals surface area contributed by atoms with Crippen LogP contribution < -0.4 is 4.90 Å². The standard InChI is InChI=1S/C22H23FN2O/c1-14-8-17(12-24)9-15(2)21(14)25-13-18(10-16(3)22(25)26)11-19-6-4-5-7-20(19)23/h4-9,16,18H,10-11,13H2,1-3H3/t16-,18-/m1/s1. The van der Waals surface area contributed by atoms with E-state index in [-0.39, 0.29) is 23.6 Å². The summed E-state index contributed by atoms with van der Waals surface area (Å²) in [5, 5.41) is 9.15. The number of rotatable bonds is 3. The Morgan fingerprint density at radius 1 is 1.23 bits per heavy atom. The van der Waals surface area contributed by atoms with Gasteiger partial charge in [-0.05, 0) is 67.5 Å². The molecule has 0 radical (unpaired) electrons. The van der Waals surface area contributed by atoms with Gasteiger partial charge in [0.05, 0.1) is 11.6 Å². The zero-order chi connectivity index (χ0) is 18.8. The second-order valence-corrected chi connectivity index (χ2v) is 7.32. The average Bonchev–Trinajstić information content (AvgIpc) is 2.60. The number of aryl methyl sites for hydroxylation is 2. The van der Waals surface area contributed by atoms with E-state index in [1.807, 2.05) is 49.9 Å². The van der Waals surface area contributed by atoms with Crippen molar-refractivity contribution >= 4 is 11.6 Å². The van der Waals surface area contributed by atoms with E-state index < -0.39 is 0 Å². The monoisotopic (exact) mass is 350 g/mol. The molecule has 1 fully saturated rings. The van der Waals surface area contributed by atoms with E-state index in [0.29, 0.717) is 24.1 Å². The van der Waals surface area contributed by atoms with Gasteiger partial charge in [0.1, 0.15) is 5.82 Å². The number of amides is 1. The molecule has 1 saturated heterocycles. The van der Waals surface area contributed by atoms with E-state index in [0.717, 1.165) is 23.2 Å². The molecule has 3 nitrogen and oxygen atoms in total. The highest BCUT2D eigenvalue weighted by atomic mass is 19.1. The highest BCUT2D eigenvalue weighted by Gasteiger charge is 2.34. The summed E-state index contributed by atoms with van der Waals surface area (Å²) < 4.78 is 14.0. The normalized spacial score (nSPS) is 20.1. The molecule has 0 spiro atoms. The molecule has 0 bridgehead atoms. The van der Waals surface area contributed by atoms with Gasteiger partial charge in [-0.1, -0.05) is 25.1 Å². The molecule has 2 aromatic carbocycles. The maximum atomic E-state index is 14.0. The number of hydrogen-bond acceptors (Lipinski definition) is 2. The molecule has 2 aromatic rings. The molecule has 0 saturated carbocycles. The molecule has 0 N–H and O–H groups in total. The number of halogens is 1. The lowest BCUT2D eigenvalue weighted by Crippen LogP contribution is -2.46. The number of anilines is 1. The van der Waals surface area contributed by atoms with Gasteiger partial charge in [-0.3, -0.25) is 4.79 Å². The van der Waals surface area contributed by atoms with Crippen molar-refractivity contribution in [2.24, 2.45) is 11.8 Å². The van der Waals surface area contributed by atoms with Gasteiger partial charge in [0, 0.05) is 18.2 Å².